The summed E-state index contributed by atoms with van der Waals surface area (Å²) >= 11 is 0. The molecule has 0 bridgehead atoms. The van der Waals surface area contributed by atoms with E-state index in [0.717, 1.165) is 10.9 Å². The average Bonchev–Trinajstić information content (AvgIpc) is 3.38. The first-order valence-corrected chi connectivity index (χ1v) is 13.9. The van der Waals surface area contributed by atoms with Gasteiger partial charge in [-0.25, -0.2) is 22.4 Å². The zero-order valence-corrected chi connectivity index (χ0v) is 21.7. The summed E-state index contributed by atoms with van der Waals surface area (Å²) in [7, 11) is -3.98. The van der Waals surface area contributed by atoms with Gasteiger partial charge in [0.25, 0.3) is 15.9 Å². The quantitative estimate of drug-likeness (QED) is 0.358. The van der Waals surface area contributed by atoms with Gasteiger partial charge in [-0.05, 0) is 36.4 Å². The molecule has 0 aliphatic carbocycles. The molecule has 9 nitrogen and oxygen atoms in total. The van der Waals surface area contributed by atoms with E-state index >= 15 is 0 Å². The Labute approximate surface area is 225 Å². The minimum Gasteiger partial charge on any atom is -0.382 e. The molecular weight excluding hydrogens is 514 g/mol. The van der Waals surface area contributed by atoms with E-state index in [1.165, 1.54) is 10.2 Å². The number of aromatic nitrogens is 3. The first kappa shape index (κ1) is 24.8. The number of amides is 1. The number of hydrogen-bond donors (Lipinski definition) is 1. The molecule has 3 aromatic carbocycles. The van der Waals surface area contributed by atoms with Crippen LogP contribution in [0.5, 0.6) is 0 Å². The zero-order valence-electron chi connectivity index (χ0n) is 20.9. The summed E-state index contributed by atoms with van der Waals surface area (Å²) in [6.45, 7) is 2.19. The van der Waals surface area contributed by atoms with Gasteiger partial charge < -0.3 is 15.4 Å². The Morgan fingerprint density at radius 2 is 1.59 bits per heavy atom. The lowest BCUT2D eigenvalue weighted by Gasteiger charge is -2.26. The molecule has 2 aromatic heterocycles. The summed E-state index contributed by atoms with van der Waals surface area (Å²) < 4.78 is 34.3. The van der Waals surface area contributed by atoms with Gasteiger partial charge in [-0.2, -0.15) is 0 Å². The van der Waals surface area contributed by atoms with Crippen LogP contribution in [0.1, 0.15) is 10.4 Å². The van der Waals surface area contributed by atoms with E-state index in [-0.39, 0.29) is 22.3 Å². The minimum atomic E-state index is -3.98. The van der Waals surface area contributed by atoms with Gasteiger partial charge in [0.2, 0.25) is 0 Å². The first-order chi connectivity index (χ1) is 18.9. The standard InChI is InChI=1S/C29H25N5O4S/c30-28-27(26-18-22-6-4-5-9-25(22)34(26)39(36,37)23-7-2-1-3-8-23)32-24(19-31-28)20-10-12-21(13-11-20)29(35)33-14-16-38-17-15-33/h1-13,18-19H,14-17H2,(H2,30,31). The number of para-hydroxylation sites is 1. The molecule has 10 heteroatoms. The number of nitrogen functional groups attached to an aromatic ring is 1. The smallest absolute Gasteiger partial charge is 0.268 e. The average molecular weight is 540 g/mol. The van der Waals surface area contributed by atoms with Crippen LogP contribution in [0, 0.1) is 0 Å². The second-order valence-electron chi connectivity index (χ2n) is 9.14. The maximum atomic E-state index is 13.8. The summed E-state index contributed by atoms with van der Waals surface area (Å²) in [6.07, 6.45) is 1.54. The van der Waals surface area contributed by atoms with Crippen LogP contribution in [0.15, 0.2) is 96.0 Å². The van der Waals surface area contributed by atoms with Crippen molar-refractivity contribution in [1.82, 2.24) is 18.8 Å². The number of hydrogen-bond acceptors (Lipinski definition) is 7. The molecule has 1 aliphatic rings. The number of carbonyl (C=O) groups excluding carboxylic acids is 1. The van der Waals surface area contributed by atoms with Gasteiger partial charge in [-0.15, -0.1) is 0 Å². The molecule has 0 spiro atoms. The van der Waals surface area contributed by atoms with Gasteiger partial charge in [0.15, 0.2) is 5.82 Å². The molecule has 196 valence electrons. The fourth-order valence-corrected chi connectivity index (χ4v) is 6.25. The number of ether oxygens (including phenoxy) is 1. The SMILES string of the molecule is Nc1ncc(-c2ccc(C(=O)N3CCOCC3)cc2)nc1-c1cc2ccccc2n1S(=O)(=O)c1ccccc1. The third-order valence-electron chi connectivity index (χ3n) is 6.72. The predicted molar refractivity (Wildman–Crippen MR) is 149 cm³/mol. The van der Waals surface area contributed by atoms with Crippen molar-refractivity contribution < 1.29 is 17.9 Å². The summed E-state index contributed by atoms with van der Waals surface area (Å²) in [4.78, 5) is 23.9. The summed E-state index contributed by atoms with van der Waals surface area (Å²) in [5.74, 6) is 0.0507. The Balaban J connectivity index is 1.43. The lowest BCUT2D eigenvalue weighted by Crippen LogP contribution is -2.40. The van der Waals surface area contributed by atoms with Crippen molar-refractivity contribution in [2.24, 2.45) is 0 Å². The molecule has 0 atom stereocenters. The van der Waals surface area contributed by atoms with Gasteiger partial charge in [0.05, 0.1) is 41.2 Å². The Hall–Kier alpha value is -4.54. The highest BCUT2D eigenvalue weighted by atomic mass is 32.2. The molecule has 0 unspecified atom stereocenters. The van der Waals surface area contributed by atoms with E-state index in [2.05, 4.69) is 4.98 Å². The second-order valence-corrected chi connectivity index (χ2v) is 10.9. The van der Waals surface area contributed by atoms with E-state index in [1.54, 1.807) is 77.7 Å². The van der Waals surface area contributed by atoms with Crippen molar-refractivity contribution >= 4 is 32.7 Å². The lowest BCUT2D eigenvalue weighted by molar-refractivity contribution is 0.0303. The van der Waals surface area contributed by atoms with Crippen LogP contribution in [0.4, 0.5) is 5.82 Å². The van der Waals surface area contributed by atoms with E-state index in [9.17, 15) is 13.2 Å². The van der Waals surface area contributed by atoms with Gasteiger partial charge in [-0.1, -0.05) is 48.5 Å². The molecule has 1 fully saturated rings. The molecule has 1 saturated heterocycles. The topological polar surface area (TPSA) is 120 Å². The molecule has 5 aromatic rings. The van der Waals surface area contributed by atoms with E-state index < -0.39 is 10.0 Å². The second kappa shape index (κ2) is 9.97. The maximum Gasteiger partial charge on any atom is 0.268 e. The van der Waals surface area contributed by atoms with Crippen LogP contribution in [-0.2, 0) is 14.8 Å². The molecule has 3 heterocycles. The van der Waals surface area contributed by atoms with Crippen molar-refractivity contribution in [2.75, 3.05) is 32.0 Å². The largest absolute Gasteiger partial charge is 0.382 e. The Bertz CT molecular complexity index is 1780. The molecule has 1 amide bonds. The van der Waals surface area contributed by atoms with Crippen LogP contribution < -0.4 is 5.73 Å². The van der Waals surface area contributed by atoms with Crippen molar-refractivity contribution in [3.05, 3.63) is 96.7 Å². The molecule has 39 heavy (non-hydrogen) atoms. The molecule has 0 radical (unpaired) electrons. The fourth-order valence-electron chi connectivity index (χ4n) is 4.71. The minimum absolute atomic E-state index is 0.0513. The van der Waals surface area contributed by atoms with Crippen LogP contribution >= 0.6 is 0 Å². The van der Waals surface area contributed by atoms with Crippen LogP contribution in [0.2, 0.25) is 0 Å². The number of fused-ring (bicyclic) bond motifs is 1. The number of benzene rings is 3. The highest BCUT2D eigenvalue weighted by Gasteiger charge is 2.26. The first-order valence-electron chi connectivity index (χ1n) is 12.4. The Kier molecular flexibility index (Phi) is 6.34. The highest BCUT2D eigenvalue weighted by Crippen LogP contribution is 2.34. The third kappa shape index (κ3) is 4.53. The van der Waals surface area contributed by atoms with E-state index in [0.29, 0.717) is 48.8 Å². The van der Waals surface area contributed by atoms with Crippen molar-refractivity contribution in [3.8, 4) is 22.6 Å². The van der Waals surface area contributed by atoms with Crippen LogP contribution in [0.3, 0.4) is 0 Å². The van der Waals surface area contributed by atoms with E-state index in [1.807, 2.05) is 12.1 Å². The van der Waals surface area contributed by atoms with Gasteiger partial charge in [0, 0.05) is 29.6 Å². The van der Waals surface area contributed by atoms with E-state index in [4.69, 9.17) is 15.5 Å². The number of nitrogens with zero attached hydrogens (tertiary/aromatic N) is 4. The monoisotopic (exact) mass is 539 g/mol. The number of anilines is 1. The molecule has 0 saturated carbocycles. The van der Waals surface area contributed by atoms with Gasteiger partial charge >= 0.3 is 0 Å². The van der Waals surface area contributed by atoms with Crippen molar-refractivity contribution in [3.63, 3.8) is 0 Å². The molecule has 6 rings (SSSR count). The number of nitrogens with two attached hydrogens (primary N) is 1. The summed E-state index contributed by atoms with van der Waals surface area (Å²) in [5, 5.41) is 0.726. The summed E-state index contributed by atoms with van der Waals surface area (Å²) in [6, 6.07) is 24.3. The summed E-state index contributed by atoms with van der Waals surface area (Å²) in [5.41, 5.74) is 9.13. The molecule has 2 N–H and O–H groups in total. The zero-order chi connectivity index (χ0) is 27.0. The predicted octanol–water partition coefficient (Wildman–Crippen LogP) is 4.06. The van der Waals surface area contributed by atoms with Crippen molar-refractivity contribution in [1.29, 1.82) is 0 Å². The van der Waals surface area contributed by atoms with Crippen LogP contribution in [0.25, 0.3) is 33.5 Å². The third-order valence-corrected chi connectivity index (χ3v) is 8.46. The maximum absolute atomic E-state index is 13.8. The normalized spacial score (nSPS) is 14.0. The number of rotatable bonds is 5. The Morgan fingerprint density at radius 1 is 0.897 bits per heavy atom. The Morgan fingerprint density at radius 3 is 2.33 bits per heavy atom. The van der Waals surface area contributed by atoms with Crippen LogP contribution in [-0.4, -0.2) is 59.5 Å². The molecular formula is C29H25N5O4S. The lowest BCUT2D eigenvalue weighted by atomic mass is 10.1. The van der Waals surface area contributed by atoms with Gasteiger partial charge in [0.1, 0.15) is 5.69 Å². The van der Waals surface area contributed by atoms with Gasteiger partial charge in [-0.3, -0.25) is 4.79 Å². The molecule has 1 aliphatic heterocycles. The highest BCUT2D eigenvalue weighted by molar-refractivity contribution is 7.90. The van der Waals surface area contributed by atoms with Crippen molar-refractivity contribution in [2.45, 2.75) is 4.90 Å². The number of morpholine rings is 1. The fraction of sp³-hybridized carbons (Fsp3) is 0.138. The number of carbonyl (C=O) groups is 1.